The predicted molar refractivity (Wildman–Crippen MR) is 96.9 cm³/mol. The standard InChI is InChI=1S/C19H30FN3O/c1-3-21-18(22-13-9-16-7-4-5-8-17(16)20)23-15-19(10-6-11-19)12-14-24-2/h4-5,7-8H,3,6,9-15H2,1-2H3,(H2,21,22,23). The van der Waals surface area contributed by atoms with Crippen LogP contribution in [0.2, 0.25) is 0 Å². The van der Waals surface area contributed by atoms with Crippen molar-refractivity contribution >= 4 is 5.96 Å². The molecule has 1 saturated carbocycles. The van der Waals surface area contributed by atoms with Crippen molar-refractivity contribution in [3.63, 3.8) is 0 Å². The topological polar surface area (TPSA) is 45.7 Å². The first kappa shape index (κ1) is 18.7. The van der Waals surface area contributed by atoms with Gasteiger partial charge < -0.3 is 15.4 Å². The fraction of sp³-hybridized carbons (Fsp3) is 0.632. The van der Waals surface area contributed by atoms with E-state index in [4.69, 9.17) is 9.73 Å². The lowest BCUT2D eigenvalue weighted by atomic mass is 9.67. The number of aliphatic imine (C=N–C) groups is 1. The third-order valence-electron chi connectivity index (χ3n) is 4.81. The van der Waals surface area contributed by atoms with Crippen LogP contribution in [0.3, 0.4) is 0 Å². The van der Waals surface area contributed by atoms with Crippen LogP contribution in [0.4, 0.5) is 4.39 Å². The molecule has 24 heavy (non-hydrogen) atoms. The van der Waals surface area contributed by atoms with Crippen molar-refractivity contribution in [2.45, 2.75) is 39.0 Å². The zero-order valence-corrected chi connectivity index (χ0v) is 14.9. The van der Waals surface area contributed by atoms with Crippen LogP contribution in [0, 0.1) is 11.2 Å². The van der Waals surface area contributed by atoms with Gasteiger partial charge in [-0.15, -0.1) is 0 Å². The summed E-state index contributed by atoms with van der Waals surface area (Å²) in [6.45, 7) is 5.16. The molecule has 0 spiro atoms. The Hall–Kier alpha value is -1.62. The van der Waals surface area contributed by atoms with Crippen molar-refractivity contribution in [3.8, 4) is 0 Å². The van der Waals surface area contributed by atoms with Gasteiger partial charge in [0.25, 0.3) is 0 Å². The monoisotopic (exact) mass is 335 g/mol. The molecule has 0 aromatic heterocycles. The quantitative estimate of drug-likeness (QED) is 0.538. The molecule has 0 atom stereocenters. The van der Waals surface area contributed by atoms with Gasteiger partial charge in [0, 0.05) is 33.4 Å². The SMILES string of the molecule is CCNC(=NCC1(CCOC)CCC1)NCCc1ccccc1F. The molecule has 0 amide bonds. The third-order valence-corrected chi connectivity index (χ3v) is 4.81. The number of nitrogens with zero attached hydrogens (tertiary/aromatic N) is 1. The summed E-state index contributed by atoms with van der Waals surface area (Å²) in [6.07, 6.45) is 5.47. The Balaban J connectivity index is 1.85. The van der Waals surface area contributed by atoms with Crippen LogP contribution in [0.25, 0.3) is 0 Å². The molecule has 134 valence electrons. The van der Waals surface area contributed by atoms with Gasteiger partial charge in [0.05, 0.1) is 0 Å². The van der Waals surface area contributed by atoms with Gasteiger partial charge in [-0.2, -0.15) is 0 Å². The minimum absolute atomic E-state index is 0.144. The van der Waals surface area contributed by atoms with Gasteiger partial charge in [-0.05, 0) is 49.7 Å². The first-order valence-electron chi connectivity index (χ1n) is 8.94. The second-order valence-electron chi connectivity index (χ2n) is 6.56. The fourth-order valence-corrected chi connectivity index (χ4v) is 3.09. The number of methoxy groups -OCH3 is 1. The Kier molecular flexibility index (Phi) is 7.50. The molecule has 0 radical (unpaired) electrons. The largest absolute Gasteiger partial charge is 0.385 e. The van der Waals surface area contributed by atoms with Crippen LogP contribution >= 0.6 is 0 Å². The zero-order chi connectivity index (χ0) is 17.3. The van der Waals surface area contributed by atoms with E-state index in [1.54, 1.807) is 13.2 Å². The number of nitrogens with one attached hydrogen (secondary N) is 2. The second kappa shape index (κ2) is 9.62. The number of rotatable bonds is 9. The maximum atomic E-state index is 13.7. The third kappa shape index (κ3) is 5.48. The van der Waals surface area contributed by atoms with Crippen molar-refractivity contribution in [1.29, 1.82) is 0 Å². The summed E-state index contributed by atoms with van der Waals surface area (Å²) in [5.74, 6) is 0.673. The summed E-state index contributed by atoms with van der Waals surface area (Å²) in [7, 11) is 1.75. The van der Waals surface area contributed by atoms with Crippen LogP contribution in [0.1, 0.15) is 38.2 Å². The molecule has 4 nitrogen and oxygen atoms in total. The molecule has 1 aliphatic rings. The number of guanidine groups is 1. The van der Waals surface area contributed by atoms with Gasteiger partial charge in [-0.1, -0.05) is 24.6 Å². The van der Waals surface area contributed by atoms with E-state index in [9.17, 15) is 4.39 Å². The molecule has 0 bridgehead atoms. The summed E-state index contributed by atoms with van der Waals surface area (Å²) in [5, 5.41) is 6.59. The van der Waals surface area contributed by atoms with Gasteiger partial charge >= 0.3 is 0 Å². The van der Waals surface area contributed by atoms with E-state index in [1.807, 2.05) is 12.1 Å². The maximum Gasteiger partial charge on any atom is 0.191 e. The molecule has 1 fully saturated rings. The molecular formula is C19H30FN3O. The van der Waals surface area contributed by atoms with Gasteiger partial charge in [-0.25, -0.2) is 4.39 Å². The number of halogens is 1. The molecule has 1 aliphatic carbocycles. The normalized spacial score (nSPS) is 16.5. The van der Waals surface area contributed by atoms with Crippen molar-refractivity contribution < 1.29 is 9.13 Å². The van der Waals surface area contributed by atoms with Gasteiger partial charge in [0.2, 0.25) is 0 Å². The van der Waals surface area contributed by atoms with Crippen LogP contribution in [-0.2, 0) is 11.2 Å². The summed E-state index contributed by atoms with van der Waals surface area (Å²) >= 11 is 0. The van der Waals surface area contributed by atoms with Crippen LogP contribution < -0.4 is 10.6 Å². The molecule has 2 N–H and O–H groups in total. The van der Waals surface area contributed by atoms with E-state index in [2.05, 4.69) is 17.6 Å². The Labute approximate surface area is 144 Å². The number of benzene rings is 1. The number of ether oxygens (including phenoxy) is 1. The van der Waals surface area contributed by atoms with E-state index in [0.717, 1.165) is 37.6 Å². The Bertz CT molecular complexity index is 529. The van der Waals surface area contributed by atoms with E-state index in [0.29, 0.717) is 18.4 Å². The summed E-state index contributed by atoms with van der Waals surface area (Å²) in [4.78, 5) is 4.76. The molecule has 2 rings (SSSR count). The van der Waals surface area contributed by atoms with Crippen LogP contribution in [0.15, 0.2) is 29.3 Å². The summed E-state index contributed by atoms with van der Waals surface area (Å²) in [6, 6.07) is 6.92. The lowest BCUT2D eigenvalue weighted by Crippen LogP contribution is -2.41. The lowest BCUT2D eigenvalue weighted by molar-refractivity contribution is 0.0778. The average molecular weight is 335 g/mol. The smallest absolute Gasteiger partial charge is 0.191 e. The first-order chi connectivity index (χ1) is 11.7. The molecule has 0 heterocycles. The zero-order valence-electron chi connectivity index (χ0n) is 14.9. The van der Waals surface area contributed by atoms with Gasteiger partial charge in [0.1, 0.15) is 5.82 Å². The van der Waals surface area contributed by atoms with Crippen LogP contribution in [-0.4, -0.2) is 39.3 Å². The number of hydrogen-bond acceptors (Lipinski definition) is 2. The maximum absolute atomic E-state index is 13.7. The first-order valence-corrected chi connectivity index (χ1v) is 8.94. The molecule has 5 heteroatoms. The minimum Gasteiger partial charge on any atom is -0.385 e. The van der Waals surface area contributed by atoms with E-state index in [1.165, 1.54) is 25.3 Å². The van der Waals surface area contributed by atoms with Crippen LogP contribution in [0.5, 0.6) is 0 Å². The molecule has 1 aromatic rings. The highest BCUT2D eigenvalue weighted by Gasteiger charge is 2.36. The Morgan fingerprint density at radius 3 is 2.71 bits per heavy atom. The van der Waals surface area contributed by atoms with Gasteiger partial charge in [-0.3, -0.25) is 4.99 Å². The molecule has 0 unspecified atom stereocenters. The summed E-state index contributed by atoms with van der Waals surface area (Å²) < 4.78 is 18.9. The fourth-order valence-electron chi connectivity index (χ4n) is 3.09. The lowest BCUT2D eigenvalue weighted by Gasteiger charge is -2.40. The van der Waals surface area contributed by atoms with Gasteiger partial charge in [0.15, 0.2) is 5.96 Å². The minimum atomic E-state index is -0.144. The average Bonchev–Trinajstić information content (AvgIpc) is 2.55. The van der Waals surface area contributed by atoms with Crippen molar-refractivity contribution in [3.05, 3.63) is 35.6 Å². The van der Waals surface area contributed by atoms with Crippen molar-refractivity contribution in [1.82, 2.24) is 10.6 Å². The van der Waals surface area contributed by atoms with E-state index < -0.39 is 0 Å². The molecule has 0 aliphatic heterocycles. The Morgan fingerprint density at radius 2 is 2.08 bits per heavy atom. The van der Waals surface area contributed by atoms with E-state index in [-0.39, 0.29) is 5.82 Å². The highest BCUT2D eigenvalue weighted by molar-refractivity contribution is 5.79. The summed E-state index contributed by atoms with van der Waals surface area (Å²) in [5.41, 5.74) is 1.04. The van der Waals surface area contributed by atoms with Crippen molar-refractivity contribution in [2.24, 2.45) is 10.4 Å². The highest BCUT2D eigenvalue weighted by atomic mass is 19.1. The molecule has 1 aromatic carbocycles. The van der Waals surface area contributed by atoms with E-state index >= 15 is 0 Å². The highest BCUT2D eigenvalue weighted by Crippen LogP contribution is 2.44. The number of hydrogen-bond donors (Lipinski definition) is 2. The Morgan fingerprint density at radius 1 is 1.29 bits per heavy atom. The van der Waals surface area contributed by atoms with Crippen molar-refractivity contribution in [2.75, 3.05) is 33.4 Å². The second-order valence-corrected chi connectivity index (χ2v) is 6.56. The molecule has 0 saturated heterocycles. The predicted octanol–water partition coefficient (Wildman–Crippen LogP) is 3.13. The molecular weight excluding hydrogens is 305 g/mol.